The minimum Gasteiger partial charge on any atom is -0.471 e. The fourth-order valence-electron chi connectivity index (χ4n) is 7.57. The maximum absolute atomic E-state index is 16.9. The van der Waals surface area contributed by atoms with Crippen LogP contribution in [0.15, 0.2) is 30.9 Å². The van der Waals surface area contributed by atoms with Gasteiger partial charge in [0.05, 0.1) is 38.9 Å². The van der Waals surface area contributed by atoms with Crippen LogP contribution in [0.4, 0.5) is 18.2 Å². The van der Waals surface area contributed by atoms with Crippen LogP contribution in [-0.2, 0) is 9.53 Å². The van der Waals surface area contributed by atoms with Gasteiger partial charge < -0.3 is 24.8 Å². The quantitative estimate of drug-likeness (QED) is 0.207. The number of carbonyl (C=O) groups excluding carboxylic acids is 1. The summed E-state index contributed by atoms with van der Waals surface area (Å²) < 4.78 is 64.4. The van der Waals surface area contributed by atoms with E-state index in [1.54, 1.807) is 4.90 Å². The fraction of sp³-hybridized carbons (Fsp3) is 0.412. The largest absolute Gasteiger partial charge is 0.471 e. The molecule has 2 N–H and O–H groups in total. The van der Waals surface area contributed by atoms with Crippen LogP contribution < -0.4 is 15.2 Å². The average molecular weight is 713 g/mol. The Bertz CT molecular complexity index is 2040. The van der Waals surface area contributed by atoms with Gasteiger partial charge in [-0.15, -0.1) is 11.3 Å². The highest BCUT2D eigenvalue weighted by molar-refractivity contribution is 7.23. The van der Waals surface area contributed by atoms with E-state index in [9.17, 15) is 18.8 Å². The number of nitrogens with two attached hydrogens (primary N) is 1. The second-order valence-corrected chi connectivity index (χ2v) is 14.0. The molecule has 2 aromatic heterocycles. The first kappa shape index (κ1) is 33.3. The Morgan fingerprint density at radius 2 is 2.14 bits per heavy atom. The zero-order valence-electron chi connectivity index (χ0n) is 26.5. The summed E-state index contributed by atoms with van der Waals surface area (Å²) in [5.74, 6) is -1.82. The second kappa shape index (κ2) is 12.9. The lowest BCUT2D eigenvalue weighted by Crippen LogP contribution is -2.44. The minimum atomic E-state index is -0.985. The van der Waals surface area contributed by atoms with Crippen LogP contribution in [0.2, 0.25) is 5.02 Å². The third-order valence-corrected chi connectivity index (χ3v) is 11.1. The van der Waals surface area contributed by atoms with Crippen molar-refractivity contribution >= 4 is 54.8 Å². The van der Waals surface area contributed by atoms with Crippen molar-refractivity contribution in [2.75, 3.05) is 45.7 Å². The van der Waals surface area contributed by atoms with E-state index in [0.29, 0.717) is 25.9 Å². The number of likely N-dealkylation sites (tertiary alicyclic amines) is 1. The highest BCUT2D eigenvalue weighted by Crippen LogP contribution is 2.46. The Hall–Kier alpha value is -4.16. The number of hydrogen-bond donors (Lipinski definition) is 1. The Balaban J connectivity index is 1.36. The van der Waals surface area contributed by atoms with Gasteiger partial charge in [0.15, 0.2) is 5.82 Å². The summed E-state index contributed by atoms with van der Waals surface area (Å²) in [5.41, 5.74) is 5.36. The van der Waals surface area contributed by atoms with E-state index in [2.05, 4.69) is 21.4 Å². The Labute approximate surface area is 288 Å². The molecule has 7 rings (SSSR count). The van der Waals surface area contributed by atoms with E-state index in [1.807, 2.05) is 6.07 Å². The van der Waals surface area contributed by atoms with Gasteiger partial charge in [-0.1, -0.05) is 24.2 Å². The van der Waals surface area contributed by atoms with Crippen molar-refractivity contribution in [2.24, 2.45) is 0 Å². The monoisotopic (exact) mass is 712 g/mol. The summed E-state index contributed by atoms with van der Waals surface area (Å²) in [6, 6.07) is 5.25. The molecule has 15 heteroatoms. The summed E-state index contributed by atoms with van der Waals surface area (Å²) >= 11 is 7.67. The molecule has 0 bridgehead atoms. The lowest BCUT2D eigenvalue weighted by atomic mass is 9.95. The number of fused-ring (bicyclic) bond motifs is 3. The van der Waals surface area contributed by atoms with Crippen molar-refractivity contribution in [1.82, 2.24) is 19.8 Å². The lowest BCUT2D eigenvalue weighted by Gasteiger charge is -2.31. The Morgan fingerprint density at radius 3 is 2.90 bits per heavy atom. The molecule has 256 valence electrons. The molecule has 0 radical (unpaired) electrons. The SMILES string of the molecule is C=CC(=O)N1CC[C@@H](Oc2nc(OC[C@@]34CCCN3C[C@H](F)C4)nc3c(F)c(-c4ccc(F)c5sc(N)c(C#N)c45)c(Cl)cc23)[C@H]1COC. The molecular formula is C34H32ClF3N6O4S. The Morgan fingerprint density at radius 1 is 1.33 bits per heavy atom. The topological polar surface area (TPSA) is 127 Å². The number of aromatic nitrogens is 2. The molecule has 0 aliphatic carbocycles. The molecule has 0 saturated carbocycles. The van der Waals surface area contributed by atoms with Crippen LogP contribution in [0.1, 0.15) is 31.2 Å². The molecule has 3 saturated heterocycles. The fourth-order valence-corrected chi connectivity index (χ4v) is 8.81. The summed E-state index contributed by atoms with van der Waals surface area (Å²) in [5, 5.41) is 10.1. The maximum Gasteiger partial charge on any atom is 0.320 e. The Kier molecular flexibility index (Phi) is 8.81. The van der Waals surface area contributed by atoms with E-state index in [-0.39, 0.29) is 78.7 Å². The standard InChI is InChI=1S/C34H32ClF3N6O4S/c1-3-25(45)44-10-7-24(23(44)15-46-2)48-32-19-11-21(35)27(18-5-6-22(37)30-26(18)20(13-39)31(40)49-30)28(38)29(19)41-33(42-32)47-16-34-8-4-9-43(34)14-17(36)12-34/h3,5-6,11,17,23-24H,1,4,7-10,12,14-16,40H2,2H3/t17-,23-,24-,34+/m1/s1. The predicted molar refractivity (Wildman–Crippen MR) is 180 cm³/mol. The number of benzene rings is 2. The molecule has 5 heterocycles. The number of ether oxygens (including phenoxy) is 3. The van der Waals surface area contributed by atoms with E-state index >= 15 is 4.39 Å². The normalized spacial score (nSPS) is 23.7. The van der Waals surface area contributed by atoms with Gasteiger partial charge in [0.1, 0.15) is 41.3 Å². The first-order valence-corrected chi connectivity index (χ1v) is 17.0. The second-order valence-electron chi connectivity index (χ2n) is 12.6. The van der Waals surface area contributed by atoms with Gasteiger partial charge in [-0.2, -0.15) is 15.2 Å². The number of amides is 1. The number of nitriles is 1. The number of alkyl halides is 1. The molecule has 3 aliphatic heterocycles. The molecule has 10 nitrogen and oxygen atoms in total. The average Bonchev–Trinajstić information content (AvgIpc) is 3.82. The minimum absolute atomic E-state index is 0.00736. The van der Waals surface area contributed by atoms with Gasteiger partial charge in [-0.25, -0.2) is 13.2 Å². The highest BCUT2D eigenvalue weighted by Gasteiger charge is 2.49. The van der Waals surface area contributed by atoms with Crippen LogP contribution >= 0.6 is 22.9 Å². The summed E-state index contributed by atoms with van der Waals surface area (Å²) in [7, 11) is 1.51. The van der Waals surface area contributed by atoms with Crippen molar-refractivity contribution in [3.05, 3.63) is 53.1 Å². The molecule has 4 aromatic rings. The zero-order valence-corrected chi connectivity index (χ0v) is 28.1. The van der Waals surface area contributed by atoms with Crippen molar-refractivity contribution in [3.63, 3.8) is 0 Å². The third-order valence-electron chi connectivity index (χ3n) is 9.80. The highest BCUT2D eigenvalue weighted by atomic mass is 35.5. The number of nitrogen functional groups attached to an aromatic ring is 1. The van der Waals surface area contributed by atoms with Gasteiger partial charge in [-0.3, -0.25) is 9.69 Å². The number of rotatable bonds is 9. The van der Waals surface area contributed by atoms with Gasteiger partial charge >= 0.3 is 6.01 Å². The molecule has 3 aliphatic rings. The lowest BCUT2D eigenvalue weighted by molar-refractivity contribution is -0.128. The van der Waals surface area contributed by atoms with Crippen molar-refractivity contribution in [1.29, 1.82) is 5.26 Å². The number of methoxy groups -OCH3 is 1. The molecule has 0 spiro atoms. The first-order valence-electron chi connectivity index (χ1n) is 15.8. The number of carbonyl (C=O) groups is 1. The van der Waals surface area contributed by atoms with E-state index in [0.717, 1.165) is 36.8 Å². The summed E-state index contributed by atoms with van der Waals surface area (Å²) in [4.78, 5) is 25.3. The molecular weight excluding hydrogens is 681 g/mol. The van der Waals surface area contributed by atoms with Crippen LogP contribution in [-0.4, -0.2) is 89.5 Å². The van der Waals surface area contributed by atoms with Gasteiger partial charge in [0, 0.05) is 44.0 Å². The molecule has 0 unspecified atom stereocenters. The maximum atomic E-state index is 16.9. The van der Waals surface area contributed by atoms with Crippen LogP contribution in [0.5, 0.6) is 11.9 Å². The molecule has 1 amide bonds. The van der Waals surface area contributed by atoms with Gasteiger partial charge in [-0.05, 0) is 43.2 Å². The summed E-state index contributed by atoms with van der Waals surface area (Å²) in [6.45, 7) is 5.26. The van der Waals surface area contributed by atoms with Crippen LogP contribution in [0.3, 0.4) is 0 Å². The zero-order chi connectivity index (χ0) is 34.6. The molecule has 4 atom stereocenters. The van der Waals surface area contributed by atoms with Gasteiger partial charge in [0.2, 0.25) is 11.8 Å². The number of nitrogens with zero attached hydrogens (tertiary/aromatic N) is 5. The number of halogens is 4. The van der Waals surface area contributed by atoms with Crippen LogP contribution in [0, 0.1) is 23.0 Å². The number of thiophene rings is 1. The summed E-state index contributed by atoms with van der Waals surface area (Å²) in [6.07, 6.45) is 1.98. The van der Waals surface area contributed by atoms with E-state index < -0.39 is 35.5 Å². The van der Waals surface area contributed by atoms with Crippen molar-refractivity contribution in [2.45, 2.75) is 49.5 Å². The van der Waals surface area contributed by atoms with E-state index in [1.165, 1.54) is 25.3 Å². The van der Waals surface area contributed by atoms with Gasteiger partial charge in [0.25, 0.3) is 0 Å². The van der Waals surface area contributed by atoms with Crippen LogP contribution in [0.25, 0.3) is 32.1 Å². The third kappa shape index (κ3) is 5.62. The number of hydrogen-bond acceptors (Lipinski definition) is 10. The molecule has 2 aromatic carbocycles. The number of anilines is 1. The van der Waals surface area contributed by atoms with Crippen molar-refractivity contribution < 1.29 is 32.2 Å². The van der Waals surface area contributed by atoms with Crippen molar-refractivity contribution in [3.8, 4) is 29.1 Å². The predicted octanol–water partition coefficient (Wildman–Crippen LogP) is 6.03. The smallest absolute Gasteiger partial charge is 0.320 e. The van der Waals surface area contributed by atoms with E-state index in [4.69, 9.17) is 31.5 Å². The first-order chi connectivity index (χ1) is 23.6. The molecule has 49 heavy (non-hydrogen) atoms. The molecule has 3 fully saturated rings.